The molecule has 1 aliphatic rings. The van der Waals surface area contributed by atoms with Gasteiger partial charge in [0, 0.05) is 31.8 Å². The third kappa shape index (κ3) is 3.38. The summed E-state index contributed by atoms with van der Waals surface area (Å²) in [6.45, 7) is 8.54. The number of H-pyrrole nitrogens is 1. The summed E-state index contributed by atoms with van der Waals surface area (Å²) in [6, 6.07) is 7.16. The quantitative estimate of drug-likeness (QED) is 0.602. The van der Waals surface area contributed by atoms with Crippen molar-refractivity contribution < 1.29 is 4.74 Å². The molecule has 130 valence electrons. The minimum Gasteiger partial charge on any atom is -0.369 e. The van der Waals surface area contributed by atoms with E-state index in [1.807, 2.05) is 25.2 Å². The van der Waals surface area contributed by atoms with Gasteiger partial charge in [-0.25, -0.2) is 4.68 Å². The average Bonchev–Trinajstić information content (AvgIpc) is 2.80. The molecule has 0 unspecified atom stereocenters. The van der Waals surface area contributed by atoms with Gasteiger partial charge in [-0.2, -0.15) is 0 Å². The number of para-hydroxylation sites is 1. The summed E-state index contributed by atoms with van der Waals surface area (Å²) < 4.78 is 8.35. The van der Waals surface area contributed by atoms with E-state index < -0.39 is 8.07 Å². The van der Waals surface area contributed by atoms with E-state index in [9.17, 15) is 4.79 Å². The lowest BCUT2D eigenvalue weighted by Gasteiger charge is -2.27. The summed E-state index contributed by atoms with van der Waals surface area (Å²) in [5.74, 6) is 0. The van der Waals surface area contributed by atoms with E-state index in [1.54, 1.807) is 4.68 Å². The maximum atomic E-state index is 12.7. The van der Waals surface area contributed by atoms with Crippen molar-refractivity contribution in [2.24, 2.45) is 0 Å². The lowest BCUT2D eigenvalue weighted by molar-refractivity contribution is 0.0764. The molecule has 0 spiro atoms. The van der Waals surface area contributed by atoms with Gasteiger partial charge in [0.15, 0.2) is 0 Å². The Morgan fingerprint density at radius 1 is 1.33 bits per heavy atom. The molecule has 0 radical (unpaired) electrons. The molecule has 1 aromatic heterocycles. The first-order valence-electron chi connectivity index (χ1n) is 8.17. The average molecular weight is 410 g/mol. The fourth-order valence-corrected chi connectivity index (χ4v) is 4.36. The molecule has 1 aromatic carbocycles. The van der Waals surface area contributed by atoms with Crippen LogP contribution in [0.2, 0.25) is 25.7 Å². The molecular weight excluding hydrogens is 386 g/mol. The van der Waals surface area contributed by atoms with Crippen LogP contribution in [0.5, 0.6) is 0 Å². The van der Waals surface area contributed by atoms with Gasteiger partial charge in [0.05, 0.1) is 23.5 Å². The fraction of sp³-hybridized carbons (Fsp3) is 0.471. The maximum Gasteiger partial charge on any atom is 0.274 e. The highest BCUT2D eigenvalue weighted by molar-refractivity contribution is 9.10. The Morgan fingerprint density at radius 2 is 2.08 bits per heavy atom. The van der Waals surface area contributed by atoms with Crippen LogP contribution >= 0.6 is 15.9 Å². The van der Waals surface area contributed by atoms with Crippen LogP contribution in [-0.4, -0.2) is 31.5 Å². The Kier molecular flexibility index (Phi) is 4.77. The highest BCUT2D eigenvalue weighted by Gasteiger charge is 2.26. The van der Waals surface area contributed by atoms with Gasteiger partial charge in [-0.15, -0.1) is 0 Å². The van der Waals surface area contributed by atoms with Crippen LogP contribution in [0.3, 0.4) is 0 Å². The molecule has 0 fully saturated rings. The number of aromatic nitrogens is 2. The largest absolute Gasteiger partial charge is 0.369 e. The smallest absolute Gasteiger partial charge is 0.274 e. The Morgan fingerprint density at radius 3 is 2.79 bits per heavy atom. The topological polar surface area (TPSA) is 50.3 Å². The molecule has 2 aromatic rings. The molecule has 24 heavy (non-hydrogen) atoms. The first-order chi connectivity index (χ1) is 11.3. The van der Waals surface area contributed by atoms with Crippen LogP contribution in [0, 0.1) is 0 Å². The van der Waals surface area contributed by atoms with E-state index in [2.05, 4.69) is 45.6 Å². The second-order valence-electron chi connectivity index (χ2n) is 7.54. The molecule has 2 heterocycles. The number of rotatable bonds is 5. The van der Waals surface area contributed by atoms with Gasteiger partial charge in [-0.1, -0.05) is 31.8 Å². The molecule has 1 aliphatic heterocycles. The summed E-state index contributed by atoms with van der Waals surface area (Å²) in [5, 5.41) is 3.25. The number of nitrogens with zero attached hydrogens (tertiary/aromatic N) is 2. The summed E-state index contributed by atoms with van der Waals surface area (Å²) in [4.78, 5) is 14.8. The van der Waals surface area contributed by atoms with E-state index in [-0.39, 0.29) is 12.3 Å². The molecule has 5 nitrogen and oxygen atoms in total. The minimum atomic E-state index is -1.12. The van der Waals surface area contributed by atoms with E-state index >= 15 is 0 Å². The molecule has 0 atom stereocenters. The summed E-state index contributed by atoms with van der Waals surface area (Å²) in [5.41, 5.74) is 3.87. The van der Waals surface area contributed by atoms with Crippen molar-refractivity contribution in [3.63, 3.8) is 0 Å². The molecule has 0 saturated carbocycles. The van der Waals surface area contributed by atoms with Gasteiger partial charge < -0.3 is 9.64 Å². The highest BCUT2D eigenvalue weighted by Crippen LogP contribution is 2.40. The summed E-state index contributed by atoms with van der Waals surface area (Å²) in [7, 11) is 0.892. The van der Waals surface area contributed by atoms with E-state index in [4.69, 9.17) is 4.74 Å². The lowest BCUT2D eigenvalue weighted by Crippen LogP contribution is -2.28. The maximum absolute atomic E-state index is 12.7. The number of halogens is 1. The second-order valence-corrected chi connectivity index (χ2v) is 14.0. The second kappa shape index (κ2) is 6.53. The predicted octanol–water partition coefficient (Wildman–Crippen LogP) is 3.87. The Bertz CT molecular complexity index is 807. The zero-order valence-electron chi connectivity index (χ0n) is 14.6. The van der Waals surface area contributed by atoms with Crippen molar-refractivity contribution >= 4 is 29.7 Å². The van der Waals surface area contributed by atoms with E-state index in [0.717, 1.165) is 33.0 Å². The monoisotopic (exact) mass is 409 g/mol. The van der Waals surface area contributed by atoms with Gasteiger partial charge in [-0.3, -0.25) is 9.89 Å². The molecule has 7 heteroatoms. The van der Waals surface area contributed by atoms with Crippen LogP contribution in [0.4, 0.5) is 5.69 Å². The van der Waals surface area contributed by atoms with Gasteiger partial charge in [0.1, 0.15) is 6.73 Å². The van der Waals surface area contributed by atoms with Crippen molar-refractivity contribution in [2.75, 3.05) is 18.6 Å². The van der Waals surface area contributed by atoms with Crippen molar-refractivity contribution in [1.82, 2.24) is 9.78 Å². The number of fused-ring (bicyclic) bond motifs is 3. The molecule has 1 N–H and O–H groups in total. The van der Waals surface area contributed by atoms with Crippen LogP contribution in [0.25, 0.3) is 11.3 Å². The van der Waals surface area contributed by atoms with Gasteiger partial charge in [-0.05, 0) is 28.0 Å². The molecule has 0 bridgehead atoms. The van der Waals surface area contributed by atoms with Crippen molar-refractivity contribution in [1.29, 1.82) is 0 Å². The number of benzene rings is 1. The molecule has 0 aliphatic carbocycles. The van der Waals surface area contributed by atoms with Gasteiger partial charge in [0.2, 0.25) is 0 Å². The summed E-state index contributed by atoms with van der Waals surface area (Å²) in [6.07, 6.45) is 0. The van der Waals surface area contributed by atoms with Crippen LogP contribution < -0.4 is 10.5 Å². The number of hydrogen-bond donors (Lipinski definition) is 1. The van der Waals surface area contributed by atoms with Crippen LogP contribution in [0.15, 0.2) is 27.5 Å². The predicted molar refractivity (Wildman–Crippen MR) is 104 cm³/mol. The van der Waals surface area contributed by atoms with Gasteiger partial charge in [0.25, 0.3) is 5.56 Å². The van der Waals surface area contributed by atoms with Crippen molar-refractivity contribution in [3.05, 3.63) is 38.6 Å². The normalized spacial score (nSPS) is 13.8. The molecular formula is C17H24BrN3O2Si. The van der Waals surface area contributed by atoms with Gasteiger partial charge >= 0.3 is 0 Å². The highest BCUT2D eigenvalue weighted by atomic mass is 79.9. The number of anilines is 1. The number of aromatic amines is 1. The molecule has 0 saturated heterocycles. The van der Waals surface area contributed by atoms with Crippen LogP contribution in [0.1, 0.15) is 5.56 Å². The molecule has 3 rings (SSSR count). The summed E-state index contributed by atoms with van der Waals surface area (Å²) >= 11 is 3.61. The van der Waals surface area contributed by atoms with E-state index in [0.29, 0.717) is 13.2 Å². The fourth-order valence-electron chi connectivity index (χ4n) is 2.94. The third-order valence-electron chi connectivity index (χ3n) is 4.30. The Balaban J connectivity index is 1.85. The lowest BCUT2D eigenvalue weighted by atomic mass is 10.0. The Labute approximate surface area is 151 Å². The first-order valence-corrected chi connectivity index (χ1v) is 12.7. The number of ether oxygens (including phenoxy) is 1. The third-order valence-corrected chi connectivity index (χ3v) is 6.65. The zero-order chi connectivity index (χ0) is 17.5. The minimum absolute atomic E-state index is 0.00970. The van der Waals surface area contributed by atoms with Crippen LogP contribution in [-0.2, 0) is 18.0 Å². The SMILES string of the molecule is CN1Cc2c([nH]n(COCC[Si](C)(C)C)c2=O)-c2cccc(Br)c21. The standard InChI is InChI=1S/C17H24BrN3O2Si/c1-20-10-13-15(12-6-5-7-14(18)16(12)20)19-21(17(13)22)11-23-8-9-24(2,3)4/h5-7,19H,8-11H2,1-4H3. The Hall–Kier alpha value is -1.31. The number of nitrogens with one attached hydrogen (secondary N) is 1. The van der Waals surface area contributed by atoms with E-state index in [1.165, 1.54) is 0 Å². The zero-order valence-corrected chi connectivity index (χ0v) is 17.2. The molecule has 0 amide bonds. The van der Waals surface area contributed by atoms with Crippen molar-refractivity contribution in [3.8, 4) is 11.3 Å². The first kappa shape index (κ1) is 17.5. The van der Waals surface area contributed by atoms with Crippen molar-refractivity contribution in [2.45, 2.75) is 39.0 Å². The number of hydrogen-bond acceptors (Lipinski definition) is 3.